The first-order valence-electron chi connectivity index (χ1n) is 4.97. The summed E-state index contributed by atoms with van der Waals surface area (Å²) in [5.41, 5.74) is 2.19. The van der Waals surface area contributed by atoms with Crippen LogP contribution < -0.4 is 0 Å². The third-order valence-electron chi connectivity index (χ3n) is 2.34. The zero-order valence-electron chi connectivity index (χ0n) is 8.94. The average molecular weight is 270 g/mol. The van der Waals surface area contributed by atoms with E-state index < -0.39 is 0 Å². The summed E-state index contributed by atoms with van der Waals surface area (Å²) in [6.45, 7) is 2.08. The smallest absolute Gasteiger partial charge is 0.0650 e. The van der Waals surface area contributed by atoms with E-state index in [-0.39, 0.29) is 0 Å². The van der Waals surface area contributed by atoms with Crippen LogP contribution in [0.1, 0.15) is 16.1 Å². The van der Waals surface area contributed by atoms with Gasteiger partial charge in [0.2, 0.25) is 0 Å². The molecule has 2 aromatic rings. The number of alkyl halides is 1. The van der Waals surface area contributed by atoms with Gasteiger partial charge in [-0.2, -0.15) is 0 Å². The number of hydrogen-bond acceptors (Lipinski definition) is 3. The highest BCUT2D eigenvalue weighted by molar-refractivity contribution is 7.98. The van der Waals surface area contributed by atoms with Gasteiger partial charge < -0.3 is 0 Å². The summed E-state index contributed by atoms with van der Waals surface area (Å²) in [7, 11) is 0. The van der Waals surface area contributed by atoms with Crippen LogP contribution in [-0.2, 0) is 11.6 Å². The molecule has 0 N–H and O–H groups in total. The van der Waals surface area contributed by atoms with Crippen LogP contribution in [-0.4, -0.2) is 4.98 Å². The summed E-state index contributed by atoms with van der Waals surface area (Å²) in [5.74, 6) is 1.50. The van der Waals surface area contributed by atoms with E-state index in [0.717, 1.165) is 11.4 Å². The number of thioether (sulfide) groups is 1. The van der Waals surface area contributed by atoms with E-state index in [2.05, 4.69) is 35.5 Å². The summed E-state index contributed by atoms with van der Waals surface area (Å²) in [6.07, 6.45) is 1.83. The molecule has 0 aromatic carbocycles. The lowest BCUT2D eigenvalue weighted by Gasteiger charge is -2.07. The van der Waals surface area contributed by atoms with Crippen molar-refractivity contribution in [3.05, 3.63) is 45.9 Å². The molecule has 0 aliphatic rings. The SMILES string of the molecule is Cc1c(SCc2cccs2)ccnc1CCl. The van der Waals surface area contributed by atoms with Crippen molar-refractivity contribution < 1.29 is 0 Å². The summed E-state index contributed by atoms with van der Waals surface area (Å²) < 4.78 is 0. The van der Waals surface area contributed by atoms with E-state index in [9.17, 15) is 0 Å². The van der Waals surface area contributed by atoms with Crippen LogP contribution in [0.4, 0.5) is 0 Å². The molecular weight excluding hydrogens is 258 g/mol. The number of aromatic nitrogens is 1. The summed E-state index contributed by atoms with van der Waals surface area (Å²) in [5, 5.41) is 2.11. The molecule has 0 atom stereocenters. The highest BCUT2D eigenvalue weighted by Gasteiger charge is 2.05. The second kappa shape index (κ2) is 5.71. The maximum atomic E-state index is 5.83. The normalized spacial score (nSPS) is 10.6. The number of thiophene rings is 1. The van der Waals surface area contributed by atoms with Crippen molar-refractivity contribution >= 4 is 34.7 Å². The lowest BCUT2D eigenvalue weighted by molar-refractivity contribution is 1.07. The van der Waals surface area contributed by atoms with Crippen LogP contribution in [0.25, 0.3) is 0 Å². The van der Waals surface area contributed by atoms with Gasteiger partial charge in [-0.25, -0.2) is 0 Å². The Morgan fingerprint density at radius 3 is 3.00 bits per heavy atom. The Morgan fingerprint density at radius 2 is 2.31 bits per heavy atom. The highest BCUT2D eigenvalue weighted by Crippen LogP contribution is 2.28. The van der Waals surface area contributed by atoms with Crippen molar-refractivity contribution in [2.45, 2.75) is 23.5 Å². The molecule has 1 nitrogen and oxygen atoms in total. The molecule has 4 heteroatoms. The second-order valence-electron chi connectivity index (χ2n) is 3.38. The Bertz CT molecular complexity index is 454. The van der Waals surface area contributed by atoms with Gasteiger partial charge in [0.15, 0.2) is 0 Å². The molecule has 0 bridgehead atoms. The van der Waals surface area contributed by atoms with Gasteiger partial charge in [0.25, 0.3) is 0 Å². The first kappa shape index (κ1) is 12.0. The molecule has 2 aromatic heterocycles. The van der Waals surface area contributed by atoms with Crippen molar-refractivity contribution in [1.82, 2.24) is 4.98 Å². The molecule has 0 saturated carbocycles. The Morgan fingerprint density at radius 1 is 1.44 bits per heavy atom. The summed E-state index contributed by atoms with van der Waals surface area (Å²) in [6, 6.07) is 6.31. The van der Waals surface area contributed by atoms with Crippen molar-refractivity contribution in [1.29, 1.82) is 0 Å². The standard InChI is InChI=1S/C12H12ClNS2/c1-9-11(7-13)14-5-4-12(9)16-8-10-3-2-6-15-10/h2-6H,7-8H2,1H3. The van der Waals surface area contributed by atoms with Gasteiger partial charge in [0, 0.05) is 21.7 Å². The Hall–Kier alpha value is -0.510. The topological polar surface area (TPSA) is 12.9 Å². The van der Waals surface area contributed by atoms with Gasteiger partial charge in [-0.1, -0.05) is 6.07 Å². The maximum Gasteiger partial charge on any atom is 0.0650 e. The summed E-state index contributed by atoms with van der Waals surface area (Å²) in [4.78, 5) is 6.93. The second-order valence-corrected chi connectivity index (χ2v) is 5.70. The molecule has 0 unspecified atom stereocenters. The number of rotatable bonds is 4. The molecule has 0 spiro atoms. The molecule has 0 aliphatic heterocycles. The van der Waals surface area contributed by atoms with Gasteiger partial charge in [0.1, 0.15) is 0 Å². The number of pyridine rings is 1. The first-order valence-corrected chi connectivity index (χ1v) is 7.37. The summed E-state index contributed by atoms with van der Waals surface area (Å²) >= 11 is 9.48. The van der Waals surface area contributed by atoms with Gasteiger partial charge in [-0.15, -0.1) is 34.7 Å². The lowest BCUT2D eigenvalue weighted by atomic mass is 10.2. The van der Waals surface area contributed by atoms with Crippen molar-refractivity contribution in [3.8, 4) is 0 Å². The van der Waals surface area contributed by atoms with E-state index in [0.29, 0.717) is 5.88 Å². The molecule has 2 heterocycles. The fraction of sp³-hybridized carbons (Fsp3) is 0.250. The number of hydrogen-bond donors (Lipinski definition) is 0. The van der Waals surface area contributed by atoms with Crippen molar-refractivity contribution in [2.24, 2.45) is 0 Å². The van der Waals surface area contributed by atoms with Crippen LogP contribution in [0.15, 0.2) is 34.7 Å². The van der Waals surface area contributed by atoms with E-state index in [1.54, 1.807) is 11.3 Å². The number of halogens is 1. The first-order chi connectivity index (χ1) is 7.81. The predicted octanol–water partition coefficient (Wildman–Crippen LogP) is 4.48. The van der Waals surface area contributed by atoms with Crippen molar-refractivity contribution in [3.63, 3.8) is 0 Å². The molecule has 0 saturated heterocycles. The van der Waals surface area contributed by atoms with Crippen LogP contribution in [0.5, 0.6) is 0 Å². The number of nitrogens with zero attached hydrogens (tertiary/aromatic N) is 1. The third kappa shape index (κ3) is 2.78. The fourth-order valence-corrected chi connectivity index (χ4v) is 3.49. The molecule has 84 valence electrons. The molecule has 0 aliphatic carbocycles. The minimum absolute atomic E-state index is 0.485. The predicted molar refractivity (Wildman–Crippen MR) is 72.4 cm³/mol. The van der Waals surface area contributed by atoms with Crippen molar-refractivity contribution in [2.75, 3.05) is 0 Å². The minimum Gasteiger partial charge on any atom is -0.260 e. The van der Waals surface area contributed by atoms with Crippen LogP contribution in [0.2, 0.25) is 0 Å². The molecule has 2 rings (SSSR count). The van der Waals surface area contributed by atoms with Crippen LogP contribution in [0, 0.1) is 6.92 Å². The van der Waals surface area contributed by atoms with E-state index in [1.165, 1.54) is 15.3 Å². The zero-order chi connectivity index (χ0) is 11.4. The molecule has 16 heavy (non-hydrogen) atoms. The minimum atomic E-state index is 0.485. The lowest BCUT2D eigenvalue weighted by Crippen LogP contribution is -1.92. The van der Waals surface area contributed by atoms with Gasteiger partial charge in [-0.3, -0.25) is 4.98 Å². The average Bonchev–Trinajstić information content (AvgIpc) is 2.81. The van der Waals surface area contributed by atoms with Crippen LogP contribution >= 0.6 is 34.7 Å². The van der Waals surface area contributed by atoms with E-state index in [4.69, 9.17) is 11.6 Å². The molecule has 0 radical (unpaired) electrons. The Balaban J connectivity index is 2.09. The Labute approximate surface area is 109 Å². The monoisotopic (exact) mass is 269 g/mol. The largest absolute Gasteiger partial charge is 0.260 e. The maximum absolute atomic E-state index is 5.83. The van der Waals surface area contributed by atoms with E-state index >= 15 is 0 Å². The Kier molecular flexibility index (Phi) is 4.27. The molecule has 0 fully saturated rings. The van der Waals surface area contributed by atoms with Gasteiger partial charge >= 0.3 is 0 Å². The zero-order valence-corrected chi connectivity index (χ0v) is 11.3. The quantitative estimate of drug-likeness (QED) is 0.599. The van der Waals surface area contributed by atoms with E-state index in [1.807, 2.05) is 18.0 Å². The van der Waals surface area contributed by atoms with Gasteiger partial charge in [-0.05, 0) is 30.0 Å². The highest BCUT2D eigenvalue weighted by atomic mass is 35.5. The fourth-order valence-electron chi connectivity index (χ4n) is 1.39. The molecule has 0 amide bonds. The third-order valence-corrected chi connectivity index (χ3v) is 4.86. The molecular formula is C12H12ClNS2. The van der Waals surface area contributed by atoms with Crippen LogP contribution in [0.3, 0.4) is 0 Å². The van der Waals surface area contributed by atoms with Gasteiger partial charge in [0.05, 0.1) is 11.6 Å².